The fourth-order valence-electron chi connectivity index (χ4n) is 3.53. The summed E-state index contributed by atoms with van der Waals surface area (Å²) in [5.74, 6) is -0.178. The molecule has 2 heterocycles. The molecule has 25 heavy (non-hydrogen) atoms. The highest BCUT2D eigenvalue weighted by Crippen LogP contribution is 2.42. The van der Waals surface area contributed by atoms with Crippen LogP contribution in [0.3, 0.4) is 0 Å². The van der Waals surface area contributed by atoms with Gasteiger partial charge in [0, 0.05) is 43.5 Å². The minimum atomic E-state index is -0.785. The molecule has 1 aromatic carbocycles. The first-order chi connectivity index (χ1) is 12.1. The van der Waals surface area contributed by atoms with Crippen molar-refractivity contribution >= 4 is 5.97 Å². The Balaban J connectivity index is 1.88. The largest absolute Gasteiger partial charge is 0.493 e. The van der Waals surface area contributed by atoms with E-state index in [0.29, 0.717) is 31.1 Å². The third kappa shape index (κ3) is 3.58. The van der Waals surface area contributed by atoms with Crippen LogP contribution in [-0.2, 0) is 11.3 Å². The van der Waals surface area contributed by atoms with Crippen LogP contribution in [-0.4, -0.2) is 48.3 Å². The van der Waals surface area contributed by atoms with Crippen LogP contribution in [0, 0.1) is 5.92 Å². The molecule has 0 unspecified atom stereocenters. The summed E-state index contributed by atoms with van der Waals surface area (Å²) < 4.78 is 10.9. The first-order valence-electron chi connectivity index (χ1n) is 8.19. The van der Waals surface area contributed by atoms with Crippen LogP contribution in [0.15, 0.2) is 42.7 Å². The number of carbonyl (C=O) groups is 1. The molecular formula is C19H22N2O4. The summed E-state index contributed by atoms with van der Waals surface area (Å²) in [4.78, 5) is 18.0. The van der Waals surface area contributed by atoms with Crippen LogP contribution in [0.4, 0.5) is 0 Å². The van der Waals surface area contributed by atoms with Crippen molar-refractivity contribution < 1.29 is 19.4 Å². The summed E-state index contributed by atoms with van der Waals surface area (Å²) in [5.41, 5.74) is 2.00. The second kappa shape index (κ2) is 7.53. The number of ether oxygens (including phenoxy) is 2. The Hall–Kier alpha value is -2.60. The third-order valence-electron chi connectivity index (χ3n) is 4.70. The molecule has 0 aliphatic carbocycles. The summed E-state index contributed by atoms with van der Waals surface area (Å²) in [6, 6.07) is 9.53. The molecule has 2 aromatic rings. The maximum atomic E-state index is 11.8. The molecule has 6 heteroatoms. The van der Waals surface area contributed by atoms with Gasteiger partial charge in [-0.2, -0.15) is 0 Å². The van der Waals surface area contributed by atoms with Gasteiger partial charge in [0.1, 0.15) is 0 Å². The Morgan fingerprint density at radius 2 is 1.96 bits per heavy atom. The van der Waals surface area contributed by atoms with E-state index in [1.807, 2.05) is 30.3 Å². The number of para-hydroxylation sites is 1. The van der Waals surface area contributed by atoms with Crippen LogP contribution >= 0.6 is 0 Å². The lowest BCUT2D eigenvalue weighted by Gasteiger charge is -2.20. The average molecular weight is 342 g/mol. The molecule has 1 saturated heterocycles. The topological polar surface area (TPSA) is 71.9 Å². The first-order valence-corrected chi connectivity index (χ1v) is 8.19. The number of benzene rings is 1. The SMILES string of the molecule is COc1cccc([C@@H]2CN(Cc3ccncc3)C[C@H]2C(=O)O)c1OC. The first kappa shape index (κ1) is 17.2. The van der Waals surface area contributed by atoms with Crippen molar-refractivity contribution in [3.05, 3.63) is 53.9 Å². The molecule has 0 amide bonds. The van der Waals surface area contributed by atoms with E-state index in [1.54, 1.807) is 26.6 Å². The Kier molecular flexibility index (Phi) is 5.19. The van der Waals surface area contributed by atoms with E-state index >= 15 is 0 Å². The number of carboxylic acid groups (broad SMARTS) is 1. The quantitative estimate of drug-likeness (QED) is 0.869. The van der Waals surface area contributed by atoms with Gasteiger partial charge in [0.05, 0.1) is 20.1 Å². The highest BCUT2D eigenvalue weighted by Gasteiger charge is 2.40. The van der Waals surface area contributed by atoms with E-state index in [-0.39, 0.29) is 5.92 Å². The zero-order valence-corrected chi connectivity index (χ0v) is 14.4. The van der Waals surface area contributed by atoms with Crippen molar-refractivity contribution in [3.8, 4) is 11.5 Å². The number of methoxy groups -OCH3 is 2. The summed E-state index contributed by atoms with van der Waals surface area (Å²) in [7, 11) is 3.17. The van der Waals surface area contributed by atoms with Gasteiger partial charge in [-0.25, -0.2) is 0 Å². The predicted molar refractivity (Wildman–Crippen MR) is 92.9 cm³/mol. The number of hydrogen-bond acceptors (Lipinski definition) is 5. The van der Waals surface area contributed by atoms with Gasteiger partial charge in [-0.15, -0.1) is 0 Å². The second-order valence-corrected chi connectivity index (χ2v) is 6.18. The van der Waals surface area contributed by atoms with E-state index < -0.39 is 11.9 Å². The summed E-state index contributed by atoms with van der Waals surface area (Å²) >= 11 is 0. The van der Waals surface area contributed by atoms with Crippen LogP contribution in [0.2, 0.25) is 0 Å². The van der Waals surface area contributed by atoms with Crippen molar-refractivity contribution in [2.75, 3.05) is 27.3 Å². The Labute approximate surface area is 147 Å². The number of hydrogen-bond donors (Lipinski definition) is 1. The van der Waals surface area contributed by atoms with Crippen molar-refractivity contribution in [1.82, 2.24) is 9.88 Å². The zero-order chi connectivity index (χ0) is 17.8. The predicted octanol–water partition coefficient (Wildman–Crippen LogP) is 2.40. The summed E-state index contributed by atoms with van der Waals surface area (Å²) in [6.45, 7) is 1.86. The highest BCUT2D eigenvalue weighted by atomic mass is 16.5. The van der Waals surface area contributed by atoms with Gasteiger partial charge in [-0.1, -0.05) is 12.1 Å². The number of rotatable bonds is 6. The highest BCUT2D eigenvalue weighted by molar-refractivity contribution is 5.73. The number of carboxylic acids is 1. The van der Waals surface area contributed by atoms with Crippen LogP contribution in [0.5, 0.6) is 11.5 Å². The van der Waals surface area contributed by atoms with E-state index in [1.165, 1.54) is 0 Å². The molecule has 1 N–H and O–H groups in total. The molecule has 1 fully saturated rings. The summed E-state index contributed by atoms with van der Waals surface area (Å²) in [6.07, 6.45) is 3.51. The van der Waals surface area contributed by atoms with Crippen molar-refractivity contribution in [3.63, 3.8) is 0 Å². The fourth-order valence-corrected chi connectivity index (χ4v) is 3.53. The molecule has 2 atom stereocenters. The van der Waals surface area contributed by atoms with Gasteiger partial charge in [0.15, 0.2) is 11.5 Å². The lowest BCUT2D eigenvalue weighted by molar-refractivity contribution is -0.141. The van der Waals surface area contributed by atoms with E-state index in [2.05, 4.69) is 9.88 Å². The third-order valence-corrected chi connectivity index (χ3v) is 4.70. The van der Waals surface area contributed by atoms with Crippen molar-refractivity contribution in [2.45, 2.75) is 12.5 Å². The Bertz CT molecular complexity index is 735. The Morgan fingerprint density at radius 3 is 2.60 bits per heavy atom. The molecule has 6 nitrogen and oxygen atoms in total. The van der Waals surface area contributed by atoms with E-state index in [9.17, 15) is 9.90 Å². The fraction of sp³-hybridized carbons (Fsp3) is 0.368. The average Bonchev–Trinajstić information content (AvgIpc) is 3.05. The maximum absolute atomic E-state index is 11.8. The maximum Gasteiger partial charge on any atom is 0.308 e. The van der Waals surface area contributed by atoms with E-state index in [0.717, 1.165) is 11.1 Å². The number of likely N-dealkylation sites (tertiary alicyclic amines) is 1. The zero-order valence-electron chi connectivity index (χ0n) is 14.4. The smallest absolute Gasteiger partial charge is 0.308 e. The lowest BCUT2D eigenvalue weighted by Crippen LogP contribution is -2.23. The van der Waals surface area contributed by atoms with E-state index in [4.69, 9.17) is 9.47 Å². The van der Waals surface area contributed by atoms with Gasteiger partial charge in [0.25, 0.3) is 0 Å². The Morgan fingerprint density at radius 1 is 1.20 bits per heavy atom. The van der Waals surface area contributed by atoms with Crippen LogP contribution in [0.1, 0.15) is 17.0 Å². The van der Waals surface area contributed by atoms with Gasteiger partial charge in [0.2, 0.25) is 0 Å². The molecule has 0 saturated carbocycles. The second-order valence-electron chi connectivity index (χ2n) is 6.18. The van der Waals surface area contributed by atoms with Crippen molar-refractivity contribution in [2.24, 2.45) is 5.92 Å². The molecule has 0 radical (unpaired) electrons. The number of nitrogens with zero attached hydrogens (tertiary/aromatic N) is 2. The summed E-state index contributed by atoms with van der Waals surface area (Å²) in [5, 5.41) is 9.71. The molecule has 1 aliphatic heterocycles. The minimum absolute atomic E-state index is 0.149. The standard InChI is InChI=1S/C19H22N2O4/c1-24-17-5-3-4-14(18(17)25-2)15-11-21(12-16(15)19(22)23)10-13-6-8-20-9-7-13/h3-9,15-16H,10-12H2,1-2H3,(H,22,23)/t15-,16+/m0/s1. The normalized spacial score (nSPS) is 20.4. The van der Waals surface area contributed by atoms with Gasteiger partial charge < -0.3 is 14.6 Å². The lowest BCUT2D eigenvalue weighted by atomic mass is 9.88. The van der Waals surface area contributed by atoms with Crippen LogP contribution in [0.25, 0.3) is 0 Å². The molecule has 1 aliphatic rings. The molecule has 0 bridgehead atoms. The molecule has 3 rings (SSSR count). The number of aromatic nitrogens is 1. The van der Waals surface area contributed by atoms with Crippen molar-refractivity contribution in [1.29, 1.82) is 0 Å². The number of pyridine rings is 1. The molecule has 132 valence electrons. The van der Waals surface area contributed by atoms with Crippen LogP contribution < -0.4 is 9.47 Å². The van der Waals surface area contributed by atoms with Gasteiger partial charge >= 0.3 is 5.97 Å². The van der Waals surface area contributed by atoms with Gasteiger partial charge in [-0.05, 0) is 23.8 Å². The minimum Gasteiger partial charge on any atom is -0.493 e. The molecular weight excluding hydrogens is 320 g/mol. The molecule has 0 spiro atoms. The van der Waals surface area contributed by atoms with Gasteiger partial charge in [-0.3, -0.25) is 14.7 Å². The number of aliphatic carboxylic acids is 1. The molecule has 1 aromatic heterocycles. The monoisotopic (exact) mass is 342 g/mol.